The molecule has 2 rings (SSSR count). The molecule has 0 atom stereocenters. The molecule has 0 amide bonds. The third kappa shape index (κ3) is 1.62. The van der Waals surface area contributed by atoms with Crippen molar-refractivity contribution in [1.29, 1.82) is 0 Å². The fourth-order valence-electron chi connectivity index (χ4n) is 1.42. The zero-order chi connectivity index (χ0) is 9.97. The van der Waals surface area contributed by atoms with Crippen molar-refractivity contribution < 1.29 is 0 Å². The van der Waals surface area contributed by atoms with Crippen LogP contribution in [0, 0.1) is 6.92 Å². The van der Waals surface area contributed by atoms with Crippen LogP contribution >= 0.6 is 0 Å². The molecule has 0 fully saturated rings. The van der Waals surface area contributed by atoms with Crippen molar-refractivity contribution in [3.63, 3.8) is 0 Å². The van der Waals surface area contributed by atoms with E-state index in [4.69, 9.17) is 5.73 Å². The molecule has 2 N–H and O–H groups in total. The number of rotatable bonds is 2. The lowest BCUT2D eigenvalue weighted by Crippen LogP contribution is -2.06. The summed E-state index contributed by atoms with van der Waals surface area (Å²) < 4.78 is 1.79. The fourth-order valence-corrected chi connectivity index (χ4v) is 1.42. The van der Waals surface area contributed by atoms with Crippen LogP contribution in [0.3, 0.4) is 0 Å². The summed E-state index contributed by atoms with van der Waals surface area (Å²) in [6.45, 7) is 2.83. The number of aryl methyl sites for hydroxylation is 1. The van der Waals surface area contributed by atoms with Crippen molar-refractivity contribution in [2.24, 2.45) is 0 Å². The Morgan fingerprint density at radius 2 is 2.07 bits per heavy atom. The average molecular weight is 187 g/mol. The third-order valence-electron chi connectivity index (χ3n) is 2.33. The predicted molar refractivity (Wildman–Crippen MR) is 56.9 cm³/mol. The summed E-state index contributed by atoms with van der Waals surface area (Å²) in [6.07, 6.45) is 1.72. The number of aromatic nitrogens is 2. The average Bonchev–Trinajstić information content (AvgIpc) is 2.56. The highest BCUT2D eigenvalue weighted by molar-refractivity contribution is 5.30. The zero-order valence-corrected chi connectivity index (χ0v) is 8.14. The third-order valence-corrected chi connectivity index (χ3v) is 2.33. The maximum Gasteiger partial charge on any atom is 0.122 e. The topological polar surface area (TPSA) is 43.8 Å². The van der Waals surface area contributed by atoms with Crippen LogP contribution in [0.5, 0.6) is 0 Å². The van der Waals surface area contributed by atoms with Crippen LogP contribution in [0.4, 0.5) is 5.82 Å². The maximum absolute atomic E-state index is 5.74. The van der Waals surface area contributed by atoms with Gasteiger partial charge in [0.2, 0.25) is 0 Å². The molecule has 3 heteroatoms. The number of benzene rings is 1. The van der Waals surface area contributed by atoms with Crippen molar-refractivity contribution in [1.82, 2.24) is 9.78 Å². The van der Waals surface area contributed by atoms with Crippen LogP contribution in [0.2, 0.25) is 0 Å². The highest BCUT2D eigenvalue weighted by Gasteiger charge is 2.01. The summed E-state index contributed by atoms with van der Waals surface area (Å²) >= 11 is 0. The summed E-state index contributed by atoms with van der Waals surface area (Å²) in [5.74, 6) is 0.702. The van der Waals surface area contributed by atoms with E-state index >= 15 is 0 Å². The van der Waals surface area contributed by atoms with Crippen molar-refractivity contribution in [3.05, 3.63) is 47.7 Å². The van der Waals surface area contributed by atoms with E-state index < -0.39 is 0 Å². The van der Waals surface area contributed by atoms with Gasteiger partial charge in [-0.05, 0) is 24.1 Å². The van der Waals surface area contributed by atoms with Crippen molar-refractivity contribution in [2.75, 3.05) is 5.73 Å². The standard InChI is InChI=1S/C11H13N3/c1-9-4-2-3-5-10(9)8-14-11(12)6-7-13-14/h2-7H,8,12H2,1H3. The van der Waals surface area contributed by atoms with E-state index in [9.17, 15) is 0 Å². The van der Waals surface area contributed by atoms with Gasteiger partial charge in [-0.25, -0.2) is 4.68 Å². The van der Waals surface area contributed by atoms with E-state index in [0.29, 0.717) is 5.82 Å². The van der Waals surface area contributed by atoms with Gasteiger partial charge in [-0.2, -0.15) is 5.10 Å². The lowest BCUT2D eigenvalue weighted by Gasteiger charge is -2.06. The minimum atomic E-state index is 0.702. The summed E-state index contributed by atoms with van der Waals surface area (Å²) in [7, 11) is 0. The number of hydrogen-bond acceptors (Lipinski definition) is 2. The van der Waals surface area contributed by atoms with Crippen LogP contribution in [0.25, 0.3) is 0 Å². The number of nitrogens with two attached hydrogens (primary N) is 1. The Morgan fingerprint density at radius 3 is 2.71 bits per heavy atom. The summed E-state index contributed by atoms with van der Waals surface area (Å²) in [4.78, 5) is 0. The van der Waals surface area contributed by atoms with Gasteiger partial charge < -0.3 is 5.73 Å². The molecule has 0 saturated carbocycles. The molecule has 1 aromatic carbocycles. The first-order valence-corrected chi connectivity index (χ1v) is 4.59. The van der Waals surface area contributed by atoms with E-state index in [0.717, 1.165) is 6.54 Å². The largest absolute Gasteiger partial charge is 0.384 e. The second-order valence-electron chi connectivity index (χ2n) is 3.34. The molecule has 2 aromatic rings. The van der Waals surface area contributed by atoms with Crippen molar-refractivity contribution >= 4 is 5.82 Å². The smallest absolute Gasteiger partial charge is 0.122 e. The Kier molecular flexibility index (Phi) is 2.23. The first-order chi connectivity index (χ1) is 6.77. The van der Waals surface area contributed by atoms with Crippen LogP contribution in [-0.4, -0.2) is 9.78 Å². The van der Waals surface area contributed by atoms with Crippen LogP contribution in [-0.2, 0) is 6.54 Å². The zero-order valence-electron chi connectivity index (χ0n) is 8.14. The van der Waals surface area contributed by atoms with Gasteiger partial charge >= 0.3 is 0 Å². The SMILES string of the molecule is Cc1ccccc1Cn1nccc1N. The van der Waals surface area contributed by atoms with E-state index in [-0.39, 0.29) is 0 Å². The van der Waals surface area contributed by atoms with Crippen LogP contribution in [0.15, 0.2) is 36.5 Å². The van der Waals surface area contributed by atoms with Gasteiger partial charge in [0, 0.05) is 0 Å². The minimum Gasteiger partial charge on any atom is -0.384 e. The molecule has 0 spiro atoms. The molecule has 1 heterocycles. The van der Waals surface area contributed by atoms with Gasteiger partial charge in [0.25, 0.3) is 0 Å². The molecule has 0 radical (unpaired) electrons. The molecule has 72 valence electrons. The molecule has 0 saturated heterocycles. The Morgan fingerprint density at radius 1 is 1.29 bits per heavy atom. The normalized spacial score (nSPS) is 10.4. The second kappa shape index (κ2) is 3.54. The van der Waals surface area contributed by atoms with Gasteiger partial charge in [-0.3, -0.25) is 0 Å². The van der Waals surface area contributed by atoms with Crippen LogP contribution in [0.1, 0.15) is 11.1 Å². The molecule has 1 aromatic heterocycles. The first-order valence-electron chi connectivity index (χ1n) is 4.59. The van der Waals surface area contributed by atoms with Crippen LogP contribution < -0.4 is 5.73 Å². The molecular weight excluding hydrogens is 174 g/mol. The number of hydrogen-bond donors (Lipinski definition) is 1. The van der Waals surface area contributed by atoms with Crippen molar-refractivity contribution in [3.8, 4) is 0 Å². The Balaban J connectivity index is 2.28. The van der Waals surface area contributed by atoms with Gasteiger partial charge in [0.15, 0.2) is 0 Å². The van der Waals surface area contributed by atoms with Gasteiger partial charge in [-0.15, -0.1) is 0 Å². The van der Waals surface area contributed by atoms with Gasteiger partial charge in [0.1, 0.15) is 5.82 Å². The summed E-state index contributed by atoms with van der Waals surface area (Å²) in [5, 5.41) is 4.14. The number of anilines is 1. The molecule has 0 bridgehead atoms. The van der Waals surface area contributed by atoms with E-state index in [2.05, 4.69) is 24.2 Å². The van der Waals surface area contributed by atoms with E-state index in [1.807, 2.05) is 12.1 Å². The number of nitrogens with zero attached hydrogens (tertiary/aromatic N) is 2. The first kappa shape index (κ1) is 8.81. The molecule has 0 aliphatic heterocycles. The number of nitrogen functional groups attached to an aromatic ring is 1. The summed E-state index contributed by atoms with van der Waals surface area (Å²) in [6, 6.07) is 10.1. The van der Waals surface area contributed by atoms with Gasteiger partial charge in [0.05, 0.1) is 12.7 Å². The van der Waals surface area contributed by atoms with E-state index in [1.165, 1.54) is 11.1 Å². The lowest BCUT2D eigenvalue weighted by atomic mass is 10.1. The fraction of sp³-hybridized carbons (Fsp3) is 0.182. The Bertz CT molecular complexity index is 432. The highest BCUT2D eigenvalue weighted by atomic mass is 15.3. The Hall–Kier alpha value is -1.77. The quantitative estimate of drug-likeness (QED) is 0.779. The molecule has 0 unspecified atom stereocenters. The molecule has 0 aliphatic rings. The molecule has 0 aliphatic carbocycles. The maximum atomic E-state index is 5.74. The monoisotopic (exact) mass is 187 g/mol. The van der Waals surface area contributed by atoms with Crippen molar-refractivity contribution in [2.45, 2.75) is 13.5 Å². The Labute approximate surface area is 83.2 Å². The highest BCUT2D eigenvalue weighted by Crippen LogP contribution is 2.10. The summed E-state index contributed by atoms with van der Waals surface area (Å²) in [5.41, 5.74) is 8.26. The van der Waals surface area contributed by atoms with E-state index in [1.54, 1.807) is 16.9 Å². The molecular formula is C11H13N3. The second-order valence-corrected chi connectivity index (χ2v) is 3.34. The molecule has 3 nitrogen and oxygen atoms in total. The van der Waals surface area contributed by atoms with Gasteiger partial charge in [-0.1, -0.05) is 24.3 Å². The lowest BCUT2D eigenvalue weighted by molar-refractivity contribution is 0.694. The predicted octanol–water partition coefficient (Wildman–Crippen LogP) is 1.82. The molecule has 14 heavy (non-hydrogen) atoms. The minimum absolute atomic E-state index is 0.702.